The Morgan fingerprint density at radius 2 is 1.84 bits per heavy atom. The van der Waals surface area contributed by atoms with E-state index in [9.17, 15) is 13.2 Å². The summed E-state index contributed by atoms with van der Waals surface area (Å²) < 4.78 is 31.3. The van der Waals surface area contributed by atoms with E-state index in [1.807, 2.05) is 6.92 Å². The van der Waals surface area contributed by atoms with Crippen molar-refractivity contribution in [3.05, 3.63) is 47.3 Å². The average Bonchev–Trinajstić information content (AvgIpc) is 3.02. The molecule has 0 fully saturated rings. The Morgan fingerprint density at radius 1 is 1.24 bits per heavy atom. The Kier molecular flexibility index (Phi) is 5.97. The molecule has 0 radical (unpaired) electrons. The molecule has 0 saturated carbocycles. The number of hydrogen-bond acceptors (Lipinski definition) is 5. The van der Waals surface area contributed by atoms with Gasteiger partial charge in [-0.3, -0.25) is 4.79 Å². The van der Waals surface area contributed by atoms with Crippen molar-refractivity contribution in [2.24, 2.45) is 0 Å². The highest BCUT2D eigenvalue weighted by molar-refractivity contribution is 7.89. The third-order valence-corrected chi connectivity index (χ3v) is 5.99. The van der Waals surface area contributed by atoms with Crippen LogP contribution < -0.4 is 5.32 Å². The van der Waals surface area contributed by atoms with Gasteiger partial charge in [0, 0.05) is 19.2 Å². The molecule has 0 spiro atoms. The van der Waals surface area contributed by atoms with Crippen LogP contribution in [0.1, 0.15) is 48.6 Å². The normalized spacial score (nSPS) is 13.0. The second-order valence-electron chi connectivity index (χ2n) is 5.69. The number of benzene rings is 1. The standard InChI is InChI=1S/C17H23N3O4S/c1-5-20(6-2)25(22,23)15-9-7-14(8-10-15)13(4)18-17(21)16-11-12(3)19-24-16/h7-11,13H,5-6H2,1-4H3,(H,18,21)/t13-/m1/s1. The van der Waals surface area contributed by atoms with Crippen LogP contribution in [0.3, 0.4) is 0 Å². The van der Waals surface area contributed by atoms with E-state index < -0.39 is 10.0 Å². The smallest absolute Gasteiger partial charge is 0.290 e. The summed E-state index contributed by atoms with van der Waals surface area (Å²) in [6.07, 6.45) is 0. The highest BCUT2D eigenvalue weighted by Gasteiger charge is 2.22. The first-order valence-corrected chi connectivity index (χ1v) is 9.57. The molecule has 0 bridgehead atoms. The largest absolute Gasteiger partial charge is 0.351 e. The van der Waals surface area contributed by atoms with Gasteiger partial charge in [0.15, 0.2) is 0 Å². The predicted molar refractivity (Wildman–Crippen MR) is 93.7 cm³/mol. The van der Waals surface area contributed by atoms with Crippen LogP contribution in [-0.4, -0.2) is 36.9 Å². The van der Waals surface area contributed by atoms with Crippen molar-refractivity contribution < 1.29 is 17.7 Å². The molecule has 0 aliphatic heterocycles. The van der Waals surface area contributed by atoms with E-state index in [1.165, 1.54) is 4.31 Å². The minimum Gasteiger partial charge on any atom is -0.351 e. The Labute approximate surface area is 148 Å². The van der Waals surface area contributed by atoms with Gasteiger partial charge in [0.25, 0.3) is 5.91 Å². The maximum absolute atomic E-state index is 12.5. The summed E-state index contributed by atoms with van der Waals surface area (Å²) in [7, 11) is -3.48. The fraction of sp³-hybridized carbons (Fsp3) is 0.412. The number of sulfonamides is 1. The lowest BCUT2D eigenvalue weighted by molar-refractivity contribution is 0.0902. The highest BCUT2D eigenvalue weighted by Crippen LogP contribution is 2.19. The molecule has 1 heterocycles. The highest BCUT2D eigenvalue weighted by atomic mass is 32.2. The van der Waals surface area contributed by atoms with Gasteiger partial charge in [-0.05, 0) is 31.5 Å². The zero-order valence-corrected chi connectivity index (χ0v) is 15.6. The van der Waals surface area contributed by atoms with E-state index in [0.29, 0.717) is 18.8 Å². The van der Waals surface area contributed by atoms with Gasteiger partial charge in [0.05, 0.1) is 16.6 Å². The molecule has 2 rings (SSSR count). The molecule has 25 heavy (non-hydrogen) atoms. The van der Waals surface area contributed by atoms with Crippen molar-refractivity contribution in [2.45, 2.75) is 38.6 Å². The van der Waals surface area contributed by atoms with Crippen LogP contribution in [0.5, 0.6) is 0 Å². The zero-order valence-electron chi connectivity index (χ0n) is 14.8. The number of nitrogens with zero attached hydrogens (tertiary/aromatic N) is 2. The SMILES string of the molecule is CCN(CC)S(=O)(=O)c1ccc([C@@H](C)NC(=O)c2cc(C)no2)cc1. The van der Waals surface area contributed by atoms with Crippen molar-refractivity contribution in [1.82, 2.24) is 14.8 Å². The topological polar surface area (TPSA) is 92.5 Å². The molecule has 2 aromatic rings. The molecule has 8 heteroatoms. The first-order valence-electron chi connectivity index (χ1n) is 8.13. The summed E-state index contributed by atoms with van der Waals surface area (Å²) >= 11 is 0. The molecule has 0 unspecified atom stereocenters. The first kappa shape index (κ1) is 19.1. The maximum atomic E-state index is 12.5. The lowest BCUT2D eigenvalue weighted by atomic mass is 10.1. The van der Waals surface area contributed by atoms with E-state index in [4.69, 9.17) is 4.52 Å². The van der Waals surface area contributed by atoms with Crippen LogP contribution in [0.25, 0.3) is 0 Å². The zero-order chi connectivity index (χ0) is 18.6. The lowest BCUT2D eigenvalue weighted by Gasteiger charge is -2.19. The molecule has 1 aromatic carbocycles. The molecule has 1 aromatic heterocycles. The number of rotatable bonds is 7. The van der Waals surface area contributed by atoms with Gasteiger partial charge in [-0.2, -0.15) is 4.31 Å². The fourth-order valence-electron chi connectivity index (χ4n) is 2.46. The molecular formula is C17H23N3O4S. The Hall–Kier alpha value is -2.19. The van der Waals surface area contributed by atoms with Gasteiger partial charge in [-0.15, -0.1) is 0 Å². The van der Waals surface area contributed by atoms with E-state index in [-0.39, 0.29) is 22.6 Å². The van der Waals surface area contributed by atoms with Crippen molar-refractivity contribution >= 4 is 15.9 Å². The molecule has 1 N–H and O–H groups in total. The van der Waals surface area contributed by atoms with Crippen LogP contribution >= 0.6 is 0 Å². The van der Waals surface area contributed by atoms with E-state index in [0.717, 1.165) is 5.56 Å². The Bertz CT molecular complexity index is 824. The third kappa shape index (κ3) is 4.26. The van der Waals surface area contributed by atoms with Crippen molar-refractivity contribution in [3.63, 3.8) is 0 Å². The van der Waals surface area contributed by atoms with Crippen molar-refractivity contribution in [1.29, 1.82) is 0 Å². The molecule has 0 aliphatic carbocycles. The summed E-state index contributed by atoms with van der Waals surface area (Å²) in [6.45, 7) is 8.00. The molecule has 1 amide bonds. The number of carbonyl (C=O) groups is 1. The number of hydrogen-bond donors (Lipinski definition) is 1. The van der Waals surface area contributed by atoms with Crippen LogP contribution in [0.4, 0.5) is 0 Å². The molecular weight excluding hydrogens is 342 g/mol. The molecule has 0 aliphatic rings. The summed E-state index contributed by atoms with van der Waals surface area (Å²) in [5.41, 5.74) is 1.42. The summed E-state index contributed by atoms with van der Waals surface area (Å²) in [6, 6.07) is 7.78. The number of amides is 1. The summed E-state index contributed by atoms with van der Waals surface area (Å²) in [4.78, 5) is 12.3. The van der Waals surface area contributed by atoms with Gasteiger partial charge in [0.2, 0.25) is 15.8 Å². The fourth-order valence-corrected chi connectivity index (χ4v) is 3.92. The van der Waals surface area contributed by atoms with Gasteiger partial charge < -0.3 is 9.84 Å². The maximum Gasteiger partial charge on any atom is 0.290 e. The molecule has 136 valence electrons. The Balaban J connectivity index is 2.12. The summed E-state index contributed by atoms with van der Waals surface area (Å²) in [5, 5.41) is 6.48. The minimum absolute atomic E-state index is 0.144. The van der Waals surface area contributed by atoms with E-state index >= 15 is 0 Å². The van der Waals surface area contributed by atoms with Crippen LogP contribution in [0, 0.1) is 6.92 Å². The van der Waals surface area contributed by atoms with Gasteiger partial charge in [0.1, 0.15) is 0 Å². The molecule has 7 nitrogen and oxygen atoms in total. The van der Waals surface area contributed by atoms with E-state index in [2.05, 4.69) is 10.5 Å². The van der Waals surface area contributed by atoms with Gasteiger partial charge >= 0.3 is 0 Å². The molecule has 0 saturated heterocycles. The summed E-state index contributed by atoms with van der Waals surface area (Å²) in [5.74, 6) is -0.224. The van der Waals surface area contributed by atoms with Gasteiger partial charge in [-0.1, -0.05) is 31.1 Å². The number of aryl methyl sites for hydroxylation is 1. The van der Waals surface area contributed by atoms with E-state index in [1.54, 1.807) is 51.1 Å². The van der Waals surface area contributed by atoms with Crippen LogP contribution in [0.2, 0.25) is 0 Å². The number of aromatic nitrogens is 1. The van der Waals surface area contributed by atoms with Gasteiger partial charge in [-0.25, -0.2) is 8.42 Å². The first-order chi connectivity index (χ1) is 11.8. The number of carbonyl (C=O) groups excluding carboxylic acids is 1. The lowest BCUT2D eigenvalue weighted by Crippen LogP contribution is -2.30. The van der Waals surface area contributed by atoms with Crippen molar-refractivity contribution in [2.75, 3.05) is 13.1 Å². The monoisotopic (exact) mass is 365 g/mol. The predicted octanol–water partition coefficient (Wildman–Crippen LogP) is 2.50. The van der Waals surface area contributed by atoms with Crippen LogP contribution in [0.15, 0.2) is 39.8 Å². The third-order valence-electron chi connectivity index (χ3n) is 3.92. The minimum atomic E-state index is -3.48. The number of nitrogens with one attached hydrogen (secondary N) is 1. The van der Waals surface area contributed by atoms with Crippen LogP contribution in [-0.2, 0) is 10.0 Å². The van der Waals surface area contributed by atoms with Crippen molar-refractivity contribution in [3.8, 4) is 0 Å². The second-order valence-corrected chi connectivity index (χ2v) is 7.62. The molecule has 1 atom stereocenters. The average molecular weight is 365 g/mol. The quantitative estimate of drug-likeness (QED) is 0.814. The Morgan fingerprint density at radius 3 is 2.32 bits per heavy atom. The second kappa shape index (κ2) is 7.79.